The van der Waals surface area contributed by atoms with Gasteiger partial charge in [0.25, 0.3) is 11.2 Å². The molecule has 14 atom stereocenters. The Kier molecular flexibility index (Phi) is 27.8. The summed E-state index contributed by atoms with van der Waals surface area (Å²) in [4.78, 5) is 71.0. The number of nitrogens with zero attached hydrogens (tertiary/aromatic N) is 14. The van der Waals surface area contributed by atoms with Crippen molar-refractivity contribution in [1.29, 1.82) is 0 Å². The summed E-state index contributed by atoms with van der Waals surface area (Å²) in [5.74, 6) is -1.26. The van der Waals surface area contributed by atoms with Gasteiger partial charge in [-0.3, -0.25) is 24.2 Å². The zero-order valence-electron chi connectivity index (χ0n) is 75.4. The van der Waals surface area contributed by atoms with E-state index < -0.39 is 96.6 Å². The van der Waals surface area contributed by atoms with Crippen LogP contribution in [0.15, 0.2) is 142 Å². The predicted octanol–water partition coefficient (Wildman–Crippen LogP) is 14.5. The number of hydrazone groups is 1. The summed E-state index contributed by atoms with van der Waals surface area (Å²) in [7, 11) is 4.16. The number of rotatable bonds is 19. The van der Waals surface area contributed by atoms with Crippen molar-refractivity contribution in [1.82, 2.24) is 40.2 Å². The lowest BCUT2D eigenvalue weighted by Crippen LogP contribution is -2.48. The fourth-order valence-electron chi connectivity index (χ4n) is 18.4. The van der Waals surface area contributed by atoms with Gasteiger partial charge in [-0.15, -0.1) is 0 Å². The number of aryl methyl sites for hydroxylation is 6. The highest BCUT2D eigenvalue weighted by molar-refractivity contribution is 6.00. The van der Waals surface area contributed by atoms with Gasteiger partial charge in [-0.05, 0) is 105 Å². The van der Waals surface area contributed by atoms with E-state index in [2.05, 4.69) is 72.7 Å². The third-order valence-corrected chi connectivity index (χ3v) is 25.7. The largest absolute Gasteiger partial charge is 0.435 e. The van der Waals surface area contributed by atoms with Gasteiger partial charge in [-0.2, -0.15) is 36.0 Å². The number of carbonyl (C=O) groups excluding carboxylic acids is 4. The molecule has 0 saturated carbocycles. The predicted molar refractivity (Wildman–Crippen MR) is 457 cm³/mol. The number of oxime groups is 2. The summed E-state index contributed by atoms with van der Waals surface area (Å²) in [6.45, 7) is 35.5. The number of aromatic nitrogens is 4. The Balaban J connectivity index is 0.000000153. The summed E-state index contributed by atoms with van der Waals surface area (Å²) >= 11 is 0. The molecule has 684 valence electrons. The maximum atomic E-state index is 14.3. The van der Waals surface area contributed by atoms with Crippen molar-refractivity contribution in [3.63, 3.8) is 0 Å². The topological polar surface area (TPSA) is 337 Å². The van der Waals surface area contributed by atoms with Crippen LogP contribution in [0, 0.1) is 65.2 Å². The number of β-amino-alcohol motifs (C(OH)–C–C–N with tert-alkyl or cyclic N) is 4. The first-order valence-electron chi connectivity index (χ1n) is 43.3. The number of carbonyl (C=O) groups is 4. The average Bonchev–Trinajstić information content (AvgIpc) is 1.56. The standard InChI is InChI=1S/2C24H28F3N3O4.C24H32N4O3.C20H33N4O3/c2*1-13(2)21(20-9-15(4)28-33-20)22(32)30-12-17(31)10-19(30)18-11-23(34-29-18,24(25,26)27)16-7-5-14(3)6-8-16;1-15(2)22(21-11-16(3)26-31-21)23(30)27-14-18(29)12-20(27)19-13-24(4,5)28(25-19)17-9-7-6-8-10-17;1-12(2)18(17-8-13(3)22-27-17)19(26)23-11-14(25)9-16(23)15-10-20(4,5)24(6,7)21-15/h2*5-9,13,17,19,21,31H,10-12H2,1-4H3;6-11,15,18,20,22,29H,12-14H2,1-5H3;8,12,14,16,18,25H,9-11H2,1-7H3/q;;;+1/t17-,19+,21+,23+;17-,19+,21-,23?;18-,20+,22+;/m111./s1. The van der Waals surface area contributed by atoms with E-state index in [0.717, 1.165) is 52.5 Å². The van der Waals surface area contributed by atoms with Gasteiger partial charge in [0.05, 0.1) is 120 Å². The highest BCUT2D eigenvalue weighted by Crippen LogP contribution is 2.52. The molecule has 15 rings (SSSR count). The summed E-state index contributed by atoms with van der Waals surface area (Å²) in [5.41, 5.74) is 1.89. The van der Waals surface area contributed by atoms with Gasteiger partial charge in [0.15, 0.2) is 0 Å². The Morgan fingerprint density at radius 1 is 0.421 bits per heavy atom. The molecule has 4 saturated heterocycles. The minimum Gasteiger partial charge on any atom is -0.391 e. The van der Waals surface area contributed by atoms with Crippen molar-refractivity contribution in [2.45, 2.75) is 283 Å². The van der Waals surface area contributed by atoms with Crippen LogP contribution in [0.1, 0.15) is 226 Å². The molecule has 4 N–H and O–H groups in total. The Morgan fingerprint density at radius 3 is 0.976 bits per heavy atom. The van der Waals surface area contributed by atoms with E-state index >= 15 is 0 Å². The quantitative estimate of drug-likeness (QED) is 0.0431. The van der Waals surface area contributed by atoms with Gasteiger partial charge >= 0.3 is 12.4 Å². The molecule has 28 nitrogen and oxygen atoms in total. The average molecular weight is 1760 g/mol. The van der Waals surface area contributed by atoms with Crippen molar-refractivity contribution >= 4 is 52.2 Å². The number of aliphatic hydroxyl groups excluding tert-OH is 4. The van der Waals surface area contributed by atoms with Gasteiger partial charge in [-0.25, -0.2) is 0 Å². The molecule has 0 spiro atoms. The number of aliphatic hydroxyl groups is 4. The Hall–Kier alpha value is -10.2. The number of hydrogen-bond acceptors (Lipinski definition) is 23. The van der Waals surface area contributed by atoms with Crippen LogP contribution in [0.5, 0.6) is 0 Å². The number of quaternary nitrogens is 1. The van der Waals surface area contributed by atoms with Crippen molar-refractivity contribution in [3.05, 3.63) is 171 Å². The van der Waals surface area contributed by atoms with E-state index in [0.29, 0.717) is 65.0 Å². The minimum atomic E-state index is -4.74. The number of hydrogen-bond donors (Lipinski definition) is 4. The van der Waals surface area contributed by atoms with Gasteiger partial charge in [0, 0.05) is 107 Å². The third-order valence-electron chi connectivity index (χ3n) is 25.7. The molecule has 4 unspecified atom stereocenters. The number of halogens is 6. The summed E-state index contributed by atoms with van der Waals surface area (Å²) in [6.07, 6.45) is -10.7. The van der Waals surface area contributed by atoms with E-state index in [9.17, 15) is 65.9 Å². The Bertz CT molecular complexity index is 4960. The zero-order valence-corrected chi connectivity index (χ0v) is 75.4. The van der Waals surface area contributed by atoms with Crippen LogP contribution in [-0.4, -0.2) is 224 Å². The molecule has 34 heteroatoms. The molecule has 8 aliphatic heterocycles. The maximum Gasteiger partial charge on any atom is 0.435 e. The van der Waals surface area contributed by atoms with Crippen LogP contribution in [0.25, 0.3) is 0 Å². The number of anilines is 1. The first-order valence-corrected chi connectivity index (χ1v) is 43.3. The van der Waals surface area contributed by atoms with E-state index in [1.54, 1.807) is 69.0 Å². The molecule has 7 aromatic rings. The molecule has 0 aliphatic carbocycles. The fraction of sp³-hybridized carbons (Fsp3) is 0.587. The van der Waals surface area contributed by atoms with Gasteiger partial charge in [-0.1, -0.05) is 169 Å². The van der Waals surface area contributed by atoms with Crippen LogP contribution >= 0.6 is 0 Å². The summed E-state index contributed by atoms with van der Waals surface area (Å²) in [6, 6.07) is 27.0. The molecule has 0 bridgehead atoms. The van der Waals surface area contributed by atoms with Gasteiger partial charge in [0.1, 0.15) is 58.0 Å². The van der Waals surface area contributed by atoms with Crippen LogP contribution in [0.3, 0.4) is 0 Å². The van der Waals surface area contributed by atoms with Gasteiger partial charge in [0.2, 0.25) is 23.6 Å². The maximum absolute atomic E-state index is 14.3. The molecule has 12 heterocycles. The normalized spacial score (nSPS) is 25.9. The fourth-order valence-corrected chi connectivity index (χ4v) is 18.4. The van der Waals surface area contributed by atoms with E-state index in [1.807, 2.05) is 122 Å². The van der Waals surface area contributed by atoms with Crippen molar-refractivity contribution in [2.75, 3.05) is 45.3 Å². The smallest absolute Gasteiger partial charge is 0.391 e. The monoisotopic (exact) mass is 1760 g/mol. The lowest BCUT2D eigenvalue weighted by atomic mass is 9.85. The molecule has 4 amide bonds. The second-order valence-electron chi connectivity index (χ2n) is 38.2. The molecule has 3 aromatic carbocycles. The lowest BCUT2D eigenvalue weighted by molar-refractivity contribution is -0.937. The number of para-hydroxylation sites is 1. The number of amides is 4. The van der Waals surface area contributed by atoms with Gasteiger partial charge < -0.3 is 67.8 Å². The molecular weight excluding hydrogens is 1640 g/mol. The van der Waals surface area contributed by atoms with Crippen LogP contribution in [0.4, 0.5) is 32.0 Å². The number of alkyl halides is 6. The highest BCUT2D eigenvalue weighted by Gasteiger charge is 2.66. The number of benzene rings is 3. The Labute approximate surface area is 730 Å². The van der Waals surface area contributed by atoms with Crippen LogP contribution in [-0.2, 0) is 40.1 Å². The molecule has 126 heavy (non-hydrogen) atoms. The minimum absolute atomic E-state index is 0.0115. The van der Waals surface area contributed by atoms with Crippen LogP contribution in [0.2, 0.25) is 0 Å². The first kappa shape index (κ1) is 95.0. The van der Waals surface area contributed by atoms with E-state index in [1.165, 1.54) is 34.1 Å². The lowest BCUT2D eigenvalue weighted by Gasteiger charge is -2.33. The molecule has 4 fully saturated rings. The van der Waals surface area contributed by atoms with Crippen molar-refractivity contribution in [2.24, 2.45) is 44.2 Å². The van der Waals surface area contributed by atoms with E-state index in [4.69, 9.17) is 38.0 Å². The Morgan fingerprint density at radius 2 is 0.714 bits per heavy atom. The van der Waals surface area contributed by atoms with Crippen molar-refractivity contribution in [3.8, 4) is 0 Å². The summed E-state index contributed by atoms with van der Waals surface area (Å²) in [5, 5.41) is 76.8. The molecular formula is C92H121F6N14O14+. The van der Waals surface area contributed by atoms with Crippen molar-refractivity contribution < 1.29 is 98.3 Å². The highest BCUT2D eigenvalue weighted by atomic mass is 19.4. The number of likely N-dealkylation sites (tertiary alicyclic amines) is 4. The molecule has 0 radical (unpaired) electrons. The summed E-state index contributed by atoms with van der Waals surface area (Å²) < 4.78 is 108. The SMILES string of the molecule is Cc1cc(C(C(=O)N2CC(O)CC2C2=N[N+](C)(C)C(C)(C)C2)C(C)C)on1.Cc1cc([C@@H](C(=O)N2C[C@H](O)C[C@H]2C2=NN(c3ccccc3)C(C)(C)C2)C(C)C)on1.Cc1ccc(C2(C(F)(F)F)CC([C@@H]3C[C@@H](O)CN3C(=O)[C@@H](c3cc(C)no3)C(C)C)=NO2)cc1.Cc1ccc([C@]2(C(F)(F)F)CC([C@@H]3C[C@@H](O)CN3C(=O)[C@H](c3cc(C)no3)C(C)C)=NO2)cc1. The second kappa shape index (κ2) is 36.9. The van der Waals surface area contributed by atoms with Crippen LogP contribution < -0.4 is 5.01 Å². The molecule has 8 aliphatic rings. The first-order chi connectivity index (χ1) is 58.9. The second-order valence-corrected chi connectivity index (χ2v) is 38.2. The third kappa shape index (κ3) is 19.6. The van der Waals surface area contributed by atoms with E-state index in [-0.39, 0.29) is 119 Å². The zero-order chi connectivity index (χ0) is 92.2. The molecule has 4 aromatic heterocycles.